The zero-order valence-corrected chi connectivity index (χ0v) is 17.2. The van der Waals surface area contributed by atoms with Gasteiger partial charge in [0.1, 0.15) is 12.4 Å². The molecule has 0 saturated carbocycles. The van der Waals surface area contributed by atoms with Crippen LogP contribution >= 0.6 is 11.8 Å². The summed E-state index contributed by atoms with van der Waals surface area (Å²) in [7, 11) is 0. The van der Waals surface area contributed by atoms with Crippen LogP contribution in [0.4, 0.5) is 28.0 Å². The van der Waals surface area contributed by atoms with E-state index in [-0.39, 0.29) is 41.3 Å². The third kappa shape index (κ3) is 4.75. The van der Waals surface area contributed by atoms with Crippen LogP contribution in [0, 0.1) is 5.82 Å². The summed E-state index contributed by atoms with van der Waals surface area (Å²) in [4.78, 5) is 31.8. The molecule has 2 heterocycles. The highest BCUT2D eigenvalue weighted by molar-refractivity contribution is 8.00. The van der Waals surface area contributed by atoms with Crippen LogP contribution in [0.3, 0.4) is 0 Å². The second-order valence-electron chi connectivity index (χ2n) is 6.95. The predicted octanol–water partition coefficient (Wildman–Crippen LogP) is 5.47. The molecule has 4 rings (SSSR count). The van der Waals surface area contributed by atoms with Gasteiger partial charge in [0.15, 0.2) is 0 Å². The summed E-state index contributed by atoms with van der Waals surface area (Å²) in [6, 6.07) is 12.0. The summed E-state index contributed by atoms with van der Waals surface area (Å²) in [5.74, 6) is -0.863. The van der Waals surface area contributed by atoms with Crippen molar-refractivity contribution in [1.29, 1.82) is 0 Å². The predicted molar refractivity (Wildman–Crippen MR) is 111 cm³/mol. The van der Waals surface area contributed by atoms with E-state index in [2.05, 4.69) is 4.98 Å². The molecule has 32 heavy (non-hydrogen) atoms. The molecule has 10 heteroatoms. The molecule has 1 aromatic heterocycles. The third-order valence-corrected chi connectivity index (χ3v) is 5.53. The number of nitrogens with zero attached hydrogens (tertiary/aromatic N) is 3. The molecule has 1 aliphatic rings. The maximum Gasteiger partial charge on any atom is 0.446 e. The van der Waals surface area contributed by atoms with Gasteiger partial charge in [0.05, 0.1) is 5.69 Å². The highest BCUT2D eigenvalue weighted by Gasteiger charge is 2.37. The number of halogens is 4. The van der Waals surface area contributed by atoms with Crippen molar-refractivity contribution >= 4 is 29.4 Å². The lowest BCUT2D eigenvalue weighted by molar-refractivity contribution is -0.116. The molecule has 3 amide bonds. The van der Waals surface area contributed by atoms with Crippen molar-refractivity contribution in [1.82, 2.24) is 9.88 Å². The van der Waals surface area contributed by atoms with Crippen molar-refractivity contribution in [3.8, 4) is 11.1 Å². The number of thioether (sulfide) groups is 1. The Morgan fingerprint density at radius 3 is 2.31 bits per heavy atom. The molecule has 1 saturated heterocycles. The summed E-state index contributed by atoms with van der Waals surface area (Å²) in [6.07, 6.45) is 3.15. The molecule has 3 aromatic rings. The number of imide groups is 1. The minimum absolute atomic E-state index is 0.0436. The molecule has 1 fully saturated rings. The number of rotatable bonds is 5. The molecule has 5 nitrogen and oxygen atoms in total. The fourth-order valence-electron chi connectivity index (χ4n) is 3.38. The Bertz CT molecular complexity index is 1150. The molecule has 0 atom stereocenters. The summed E-state index contributed by atoms with van der Waals surface area (Å²) in [6.45, 7) is -0.0681. The lowest BCUT2D eigenvalue weighted by Crippen LogP contribution is -2.32. The number of anilines is 1. The van der Waals surface area contributed by atoms with Gasteiger partial charge < -0.3 is 4.90 Å². The minimum Gasteiger partial charge on any atom is -0.310 e. The van der Waals surface area contributed by atoms with Crippen LogP contribution in [0.15, 0.2) is 71.9 Å². The Morgan fingerprint density at radius 2 is 1.66 bits per heavy atom. The van der Waals surface area contributed by atoms with E-state index in [0.717, 1.165) is 4.90 Å². The van der Waals surface area contributed by atoms with Crippen LogP contribution in [0.25, 0.3) is 11.1 Å². The molecular formula is C22H15F4N3O2S. The maximum absolute atomic E-state index is 13.3. The van der Waals surface area contributed by atoms with Gasteiger partial charge in [-0.25, -0.2) is 14.1 Å². The first-order valence-electron chi connectivity index (χ1n) is 9.38. The van der Waals surface area contributed by atoms with Crippen molar-refractivity contribution in [3.05, 3.63) is 78.4 Å². The Labute approximate surface area is 184 Å². The lowest BCUT2D eigenvalue weighted by atomic mass is 10.0. The topological polar surface area (TPSA) is 53.5 Å². The second-order valence-corrected chi connectivity index (χ2v) is 8.09. The molecule has 0 bridgehead atoms. The number of hydrogen-bond donors (Lipinski definition) is 0. The average Bonchev–Trinajstić information content (AvgIpc) is 3.02. The van der Waals surface area contributed by atoms with Crippen molar-refractivity contribution < 1.29 is 27.2 Å². The van der Waals surface area contributed by atoms with Crippen LogP contribution in [-0.2, 0) is 11.3 Å². The first kappa shape index (κ1) is 21.8. The standard InChI is InChI=1S/C22H15F4N3O2S/c23-16-3-1-14(2-4-16)19-11-27-10-9-15(19)12-28-13-20(30)29(21(28)31)17-5-7-18(8-6-17)32-22(24,25)26/h1-11H,12-13H2. The van der Waals surface area contributed by atoms with Gasteiger partial charge in [0.25, 0.3) is 5.91 Å². The fourth-order valence-corrected chi connectivity index (χ4v) is 3.92. The SMILES string of the molecule is O=C1CN(Cc2ccncc2-c2ccc(F)cc2)C(=O)N1c1ccc(SC(F)(F)F)cc1. The number of pyridine rings is 1. The zero-order chi connectivity index (χ0) is 22.9. The molecule has 2 aromatic carbocycles. The normalized spacial score (nSPS) is 14.4. The van der Waals surface area contributed by atoms with Gasteiger partial charge >= 0.3 is 11.5 Å². The molecular weight excluding hydrogens is 446 g/mol. The zero-order valence-electron chi connectivity index (χ0n) is 16.3. The molecule has 1 aliphatic heterocycles. The van der Waals surface area contributed by atoms with Gasteiger partial charge in [0.2, 0.25) is 0 Å². The van der Waals surface area contributed by atoms with Crippen LogP contribution in [-0.4, -0.2) is 33.9 Å². The highest BCUT2D eigenvalue weighted by atomic mass is 32.2. The summed E-state index contributed by atoms with van der Waals surface area (Å²) >= 11 is -0.272. The monoisotopic (exact) mass is 461 g/mol. The number of carbonyl (C=O) groups excluding carboxylic acids is 2. The van der Waals surface area contributed by atoms with E-state index in [1.807, 2.05) is 0 Å². The van der Waals surface area contributed by atoms with Gasteiger partial charge in [-0.15, -0.1) is 0 Å². The van der Waals surface area contributed by atoms with E-state index in [1.165, 1.54) is 41.3 Å². The van der Waals surface area contributed by atoms with E-state index >= 15 is 0 Å². The number of carbonyl (C=O) groups is 2. The number of aromatic nitrogens is 1. The van der Waals surface area contributed by atoms with Gasteiger partial charge in [-0.1, -0.05) is 12.1 Å². The van der Waals surface area contributed by atoms with E-state index in [1.54, 1.807) is 30.6 Å². The lowest BCUT2D eigenvalue weighted by Gasteiger charge is -2.19. The minimum atomic E-state index is -4.43. The average molecular weight is 461 g/mol. The van der Waals surface area contributed by atoms with Crippen molar-refractivity contribution in [2.24, 2.45) is 0 Å². The largest absolute Gasteiger partial charge is 0.446 e. The Balaban J connectivity index is 1.54. The van der Waals surface area contributed by atoms with Crippen molar-refractivity contribution in [2.75, 3.05) is 11.4 Å². The molecule has 164 valence electrons. The van der Waals surface area contributed by atoms with Crippen molar-refractivity contribution in [2.45, 2.75) is 16.9 Å². The Hall–Kier alpha value is -3.40. The number of benzene rings is 2. The van der Waals surface area contributed by atoms with E-state index < -0.39 is 17.4 Å². The Morgan fingerprint density at radius 1 is 0.969 bits per heavy atom. The number of alkyl halides is 3. The maximum atomic E-state index is 13.3. The van der Waals surface area contributed by atoms with Crippen LogP contribution < -0.4 is 4.90 Å². The second kappa shape index (κ2) is 8.62. The van der Waals surface area contributed by atoms with Crippen molar-refractivity contribution in [3.63, 3.8) is 0 Å². The van der Waals surface area contributed by atoms with Crippen LogP contribution in [0.1, 0.15) is 5.56 Å². The third-order valence-electron chi connectivity index (χ3n) is 4.79. The number of amides is 3. The molecule has 0 aliphatic carbocycles. The first-order valence-corrected chi connectivity index (χ1v) is 10.2. The summed E-state index contributed by atoms with van der Waals surface area (Å²) < 4.78 is 50.8. The van der Waals surface area contributed by atoms with E-state index in [4.69, 9.17) is 0 Å². The van der Waals surface area contributed by atoms with Crippen LogP contribution in [0.2, 0.25) is 0 Å². The van der Waals surface area contributed by atoms with Gasteiger partial charge in [0, 0.05) is 29.4 Å². The number of urea groups is 1. The molecule has 0 unspecified atom stereocenters. The van der Waals surface area contributed by atoms with Gasteiger partial charge in [-0.05, 0) is 65.4 Å². The Kier molecular flexibility index (Phi) is 5.88. The van der Waals surface area contributed by atoms with E-state index in [0.29, 0.717) is 16.7 Å². The molecule has 0 spiro atoms. The highest BCUT2D eigenvalue weighted by Crippen LogP contribution is 2.37. The van der Waals surface area contributed by atoms with Crippen LogP contribution in [0.5, 0.6) is 0 Å². The fraction of sp³-hybridized carbons (Fsp3) is 0.136. The number of hydrogen-bond acceptors (Lipinski definition) is 4. The summed E-state index contributed by atoms with van der Waals surface area (Å²) in [5.41, 5.74) is -2.11. The first-order chi connectivity index (χ1) is 15.2. The smallest absolute Gasteiger partial charge is 0.310 e. The summed E-state index contributed by atoms with van der Waals surface area (Å²) in [5, 5.41) is 0. The quantitative estimate of drug-likeness (QED) is 0.287. The molecule has 0 radical (unpaired) electrons. The van der Waals surface area contributed by atoms with E-state index in [9.17, 15) is 27.2 Å². The van der Waals surface area contributed by atoms with Gasteiger partial charge in [-0.3, -0.25) is 9.78 Å². The van der Waals surface area contributed by atoms with Gasteiger partial charge in [-0.2, -0.15) is 13.2 Å². The molecule has 0 N–H and O–H groups in total.